The van der Waals surface area contributed by atoms with Crippen molar-refractivity contribution >= 4 is 17.7 Å². The van der Waals surface area contributed by atoms with E-state index in [0.717, 1.165) is 17.9 Å². The van der Waals surface area contributed by atoms with Gasteiger partial charge in [-0.15, -0.1) is 0 Å². The van der Waals surface area contributed by atoms with Crippen molar-refractivity contribution in [3.8, 4) is 11.5 Å². The lowest BCUT2D eigenvalue weighted by Crippen LogP contribution is -2.29. The largest absolute Gasteiger partial charge is 0.497 e. The van der Waals surface area contributed by atoms with Crippen molar-refractivity contribution in [2.45, 2.75) is 6.42 Å². The molecule has 1 aliphatic rings. The maximum Gasteiger partial charge on any atom is 0.310 e. The second kappa shape index (κ2) is 6.70. The summed E-state index contributed by atoms with van der Waals surface area (Å²) < 4.78 is 10.7. The second-order valence-corrected chi connectivity index (χ2v) is 5.71. The van der Waals surface area contributed by atoms with Crippen molar-refractivity contribution in [1.29, 1.82) is 0 Å². The topological polar surface area (TPSA) is 55.8 Å². The van der Waals surface area contributed by atoms with Crippen LogP contribution in [0.3, 0.4) is 0 Å². The van der Waals surface area contributed by atoms with Crippen LogP contribution in [0.25, 0.3) is 0 Å². The standard InChI is InChI=1S/C14H18O4S/c1-17-11-3-2-4-12(7-11)18-8-13(14(15)16)10-5-6-19-9-10/h2-4,7,10,13H,5-6,8-9H2,1H3,(H,15,16). The molecule has 1 saturated heterocycles. The Hall–Kier alpha value is -1.36. The van der Waals surface area contributed by atoms with E-state index in [2.05, 4.69) is 0 Å². The van der Waals surface area contributed by atoms with E-state index in [1.807, 2.05) is 30.0 Å². The molecule has 19 heavy (non-hydrogen) atoms. The molecular weight excluding hydrogens is 264 g/mol. The van der Waals surface area contributed by atoms with Crippen LogP contribution in [-0.4, -0.2) is 36.3 Å². The number of ether oxygens (including phenoxy) is 2. The smallest absolute Gasteiger partial charge is 0.310 e. The van der Waals surface area contributed by atoms with E-state index >= 15 is 0 Å². The van der Waals surface area contributed by atoms with Crippen LogP contribution in [0.5, 0.6) is 11.5 Å². The average Bonchev–Trinajstić information content (AvgIpc) is 2.93. The molecule has 5 heteroatoms. The summed E-state index contributed by atoms with van der Waals surface area (Å²) in [6.45, 7) is 0.216. The number of carboxylic acids is 1. The minimum Gasteiger partial charge on any atom is -0.497 e. The van der Waals surface area contributed by atoms with Crippen LogP contribution in [0.4, 0.5) is 0 Å². The minimum absolute atomic E-state index is 0.216. The molecule has 0 amide bonds. The number of hydrogen-bond acceptors (Lipinski definition) is 4. The predicted molar refractivity (Wildman–Crippen MR) is 75.0 cm³/mol. The zero-order chi connectivity index (χ0) is 13.7. The molecular formula is C14H18O4S. The molecule has 1 aromatic carbocycles. The molecule has 2 unspecified atom stereocenters. The zero-order valence-electron chi connectivity index (χ0n) is 10.9. The van der Waals surface area contributed by atoms with Gasteiger partial charge < -0.3 is 14.6 Å². The van der Waals surface area contributed by atoms with Crippen molar-refractivity contribution in [3.05, 3.63) is 24.3 Å². The Kier molecular flexibility index (Phi) is 4.96. The second-order valence-electron chi connectivity index (χ2n) is 4.56. The summed E-state index contributed by atoms with van der Waals surface area (Å²) in [5.41, 5.74) is 0. The fourth-order valence-electron chi connectivity index (χ4n) is 2.16. The van der Waals surface area contributed by atoms with Gasteiger partial charge in [-0.3, -0.25) is 4.79 Å². The molecule has 1 aliphatic heterocycles. The Labute approximate surface area is 117 Å². The Morgan fingerprint density at radius 2 is 2.32 bits per heavy atom. The highest BCUT2D eigenvalue weighted by Crippen LogP contribution is 2.30. The zero-order valence-corrected chi connectivity index (χ0v) is 11.7. The van der Waals surface area contributed by atoms with Gasteiger partial charge in [0.25, 0.3) is 0 Å². The molecule has 0 aliphatic carbocycles. The summed E-state index contributed by atoms with van der Waals surface area (Å²) in [5, 5.41) is 9.30. The molecule has 1 heterocycles. The average molecular weight is 282 g/mol. The maximum atomic E-state index is 11.3. The van der Waals surface area contributed by atoms with Gasteiger partial charge in [0.05, 0.1) is 13.0 Å². The van der Waals surface area contributed by atoms with Crippen LogP contribution in [0.1, 0.15) is 6.42 Å². The van der Waals surface area contributed by atoms with Crippen molar-refractivity contribution in [2.75, 3.05) is 25.2 Å². The highest BCUT2D eigenvalue weighted by Gasteiger charge is 2.31. The van der Waals surface area contributed by atoms with Crippen LogP contribution in [0, 0.1) is 11.8 Å². The van der Waals surface area contributed by atoms with E-state index in [4.69, 9.17) is 9.47 Å². The van der Waals surface area contributed by atoms with Crippen molar-refractivity contribution in [1.82, 2.24) is 0 Å². The summed E-state index contributed by atoms with van der Waals surface area (Å²) in [7, 11) is 1.59. The Morgan fingerprint density at radius 1 is 1.53 bits per heavy atom. The number of hydrogen-bond donors (Lipinski definition) is 1. The van der Waals surface area contributed by atoms with Gasteiger partial charge in [-0.1, -0.05) is 6.07 Å². The lowest BCUT2D eigenvalue weighted by atomic mass is 9.93. The summed E-state index contributed by atoms with van der Waals surface area (Å²) in [6.07, 6.45) is 0.961. The first kappa shape index (κ1) is 14.1. The number of benzene rings is 1. The third-order valence-electron chi connectivity index (χ3n) is 3.32. The van der Waals surface area contributed by atoms with Crippen molar-refractivity contribution in [2.24, 2.45) is 11.8 Å². The number of thioether (sulfide) groups is 1. The highest BCUT2D eigenvalue weighted by atomic mass is 32.2. The monoisotopic (exact) mass is 282 g/mol. The van der Waals surface area contributed by atoms with Crippen LogP contribution >= 0.6 is 11.8 Å². The normalized spacial score (nSPS) is 19.9. The quantitative estimate of drug-likeness (QED) is 0.869. The van der Waals surface area contributed by atoms with E-state index in [1.54, 1.807) is 13.2 Å². The van der Waals surface area contributed by atoms with Gasteiger partial charge in [0, 0.05) is 6.07 Å². The first-order valence-electron chi connectivity index (χ1n) is 6.28. The van der Waals surface area contributed by atoms with Gasteiger partial charge in [0.1, 0.15) is 18.1 Å². The molecule has 2 rings (SSSR count). The lowest BCUT2D eigenvalue weighted by Gasteiger charge is -2.19. The number of carbonyl (C=O) groups is 1. The molecule has 0 spiro atoms. The summed E-state index contributed by atoms with van der Waals surface area (Å²) in [4.78, 5) is 11.3. The van der Waals surface area contributed by atoms with Crippen molar-refractivity contribution < 1.29 is 19.4 Å². The fraction of sp³-hybridized carbons (Fsp3) is 0.500. The van der Waals surface area contributed by atoms with Gasteiger partial charge in [-0.05, 0) is 36.0 Å². The van der Waals surface area contributed by atoms with Gasteiger partial charge in [-0.25, -0.2) is 0 Å². The molecule has 0 saturated carbocycles. The molecule has 104 valence electrons. The molecule has 2 atom stereocenters. The summed E-state index contributed by atoms with van der Waals surface area (Å²) in [6, 6.07) is 7.23. The Bertz CT molecular complexity index is 429. The van der Waals surface area contributed by atoms with Gasteiger partial charge in [0.15, 0.2) is 0 Å². The van der Waals surface area contributed by atoms with E-state index in [1.165, 1.54) is 0 Å². The first-order chi connectivity index (χ1) is 9.20. The van der Waals surface area contributed by atoms with Crippen LogP contribution in [0.2, 0.25) is 0 Å². The Morgan fingerprint density at radius 3 is 2.95 bits per heavy atom. The molecule has 4 nitrogen and oxygen atoms in total. The van der Waals surface area contributed by atoms with E-state index < -0.39 is 11.9 Å². The minimum atomic E-state index is -0.768. The lowest BCUT2D eigenvalue weighted by molar-refractivity contribution is -0.144. The molecule has 0 aromatic heterocycles. The molecule has 0 bridgehead atoms. The maximum absolute atomic E-state index is 11.3. The molecule has 1 fully saturated rings. The highest BCUT2D eigenvalue weighted by molar-refractivity contribution is 7.99. The van der Waals surface area contributed by atoms with Crippen LogP contribution in [-0.2, 0) is 4.79 Å². The predicted octanol–water partition coefficient (Wildman–Crippen LogP) is 2.53. The van der Waals surface area contributed by atoms with Crippen LogP contribution < -0.4 is 9.47 Å². The summed E-state index contributed by atoms with van der Waals surface area (Å²) >= 11 is 1.82. The molecule has 1 aromatic rings. The van der Waals surface area contributed by atoms with Gasteiger partial charge in [0.2, 0.25) is 0 Å². The summed E-state index contributed by atoms with van der Waals surface area (Å²) in [5.74, 6) is 2.34. The number of aliphatic carboxylic acids is 1. The molecule has 0 radical (unpaired) electrons. The van der Waals surface area contributed by atoms with E-state index in [0.29, 0.717) is 11.5 Å². The van der Waals surface area contributed by atoms with E-state index in [9.17, 15) is 9.90 Å². The van der Waals surface area contributed by atoms with Gasteiger partial charge >= 0.3 is 5.97 Å². The van der Waals surface area contributed by atoms with E-state index in [-0.39, 0.29) is 12.5 Å². The Balaban J connectivity index is 1.96. The fourth-order valence-corrected chi connectivity index (χ4v) is 3.49. The number of methoxy groups -OCH3 is 1. The van der Waals surface area contributed by atoms with Crippen LogP contribution in [0.15, 0.2) is 24.3 Å². The third kappa shape index (κ3) is 3.80. The van der Waals surface area contributed by atoms with Crippen molar-refractivity contribution in [3.63, 3.8) is 0 Å². The van der Waals surface area contributed by atoms with Gasteiger partial charge in [-0.2, -0.15) is 11.8 Å². The number of rotatable bonds is 6. The number of carboxylic acid groups (broad SMARTS) is 1. The third-order valence-corrected chi connectivity index (χ3v) is 4.51. The molecule has 1 N–H and O–H groups in total. The SMILES string of the molecule is COc1cccc(OCC(C(=O)O)C2CCSC2)c1. The first-order valence-corrected chi connectivity index (χ1v) is 7.43.